The van der Waals surface area contributed by atoms with Crippen LogP contribution in [0.4, 0.5) is 5.69 Å². The van der Waals surface area contributed by atoms with Gasteiger partial charge in [0.1, 0.15) is 0 Å². The Kier molecular flexibility index (Phi) is 7.42. The second-order valence-electron chi connectivity index (χ2n) is 9.45. The number of benzene rings is 2. The number of hydrogen-bond acceptors (Lipinski definition) is 4. The third-order valence-corrected chi connectivity index (χ3v) is 8.48. The molecule has 0 bridgehead atoms. The molecule has 2 aromatic carbocycles. The summed E-state index contributed by atoms with van der Waals surface area (Å²) in [6.45, 7) is 3.71. The molecule has 2 atom stereocenters. The van der Waals surface area contributed by atoms with E-state index in [1.807, 2.05) is 43.3 Å². The molecule has 1 saturated heterocycles. The maximum absolute atomic E-state index is 13.6. The molecule has 2 N–H and O–H groups in total. The van der Waals surface area contributed by atoms with E-state index in [-0.39, 0.29) is 35.2 Å². The fraction of sp³-hybridized carbons (Fsp3) is 0.407. The van der Waals surface area contributed by atoms with Crippen LogP contribution in [0.2, 0.25) is 0 Å². The Bertz CT molecular complexity index is 1190. The highest BCUT2D eigenvalue weighted by molar-refractivity contribution is 7.89. The lowest BCUT2D eigenvalue weighted by molar-refractivity contribution is -0.137. The van der Waals surface area contributed by atoms with Crippen LogP contribution in [-0.2, 0) is 19.6 Å². The van der Waals surface area contributed by atoms with E-state index in [1.165, 1.54) is 17.0 Å². The average Bonchev–Trinajstić information content (AvgIpc) is 3.35. The van der Waals surface area contributed by atoms with Gasteiger partial charge in [0.15, 0.2) is 5.54 Å². The molecule has 2 aromatic rings. The maximum Gasteiger partial charge on any atom is 0.251 e. The zero-order chi connectivity index (χ0) is 25.1. The highest BCUT2D eigenvalue weighted by Crippen LogP contribution is 2.40. The fourth-order valence-electron chi connectivity index (χ4n) is 4.65. The van der Waals surface area contributed by atoms with Crippen molar-refractivity contribution in [2.45, 2.75) is 74.9 Å². The van der Waals surface area contributed by atoms with Gasteiger partial charge in [-0.25, -0.2) is 13.1 Å². The van der Waals surface area contributed by atoms with E-state index in [0.717, 1.165) is 31.2 Å². The van der Waals surface area contributed by atoms with Gasteiger partial charge in [-0.3, -0.25) is 14.5 Å². The third-order valence-electron chi connectivity index (χ3n) is 6.88. The summed E-state index contributed by atoms with van der Waals surface area (Å²) in [5.74, 6) is -0.385. The lowest BCUT2D eigenvalue weighted by Crippen LogP contribution is -2.70. The largest absolute Gasteiger partial charge is 0.351 e. The van der Waals surface area contributed by atoms with Gasteiger partial charge in [-0.15, -0.1) is 0 Å². The van der Waals surface area contributed by atoms with Crippen molar-refractivity contribution >= 4 is 33.6 Å². The van der Waals surface area contributed by atoms with E-state index in [0.29, 0.717) is 12.1 Å². The van der Waals surface area contributed by atoms with Gasteiger partial charge in [-0.05, 0) is 62.1 Å². The average molecular weight is 496 g/mol. The molecule has 35 heavy (non-hydrogen) atoms. The van der Waals surface area contributed by atoms with Crippen molar-refractivity contribution in [3.05, 3.63) is 66.2 Å². The van der Waals surface area contributed by atoms with Crippen molar-refractivity contribution < 1.29 is 18.0 Å². The number of hydrogen-bond donors (Lipinski definition) is 2. The zero-order valence-electron chi connectivity index (χ0n) is 20.2. The summed E-state index contributed by atoms with van der Waals surface area (Å²) in [7, 11) is -3.67. The van der Waals surface area contributed by atoms with Gasteiger partial charge in [-0.2, -0.15) is 0 Å². The van der Waals surface area contributed by atoms with Crippen LogP contribution in [0.15, 0.2) is 65.6 Å². The number of nitrogens with zero attached hydrogens (tertiary/aromatic N) is 1. The molecule has 1 aliphatic heterocycles. The lowest BCUT2D eigenvalue weighted by Gasteiger charge is -2.49. The summed E-state index contributed by atoms with van der Waals surface area (Å²) in [6, 6.07) is 15.7. The van der Waals surface area contributed by atoms with Crippen LogP contribution in [0.25, 0.3) is 6.08 Å². The molecular weight excluding hydrogens is 462 g/mol. The summed E-state index contributed by atoms with van der Waals surface area (Å²) in [5.41, 5.74) is 0.255. The molecule has 7 nitrogen and oxygen atoms in total. The second kappa shape index (κ2) is 10.3. The Hall–Kier alpha value is -2.97. The van der Waals surface area contributed by atoms with Crippen LogP contribution in [0.5, 0.6) is 0 Å². The van der Waals surface area contributed by atoms with E-state index >= 15 is 0 Å². The maximum atomic E-state index is 13.6. The fourth-order valence-corrected chi connectivity index (χ4v) is 5.98. The van der Waals surface area contributed by atoms with Crippen molar-refractivity contribution in [3.8, 4) is 0 Å². The van der Waals surface area contributed by atoms with Gasteiger partial charge >= 0.3 is 0 Å². The van der Waals surface area contributed by atoms with Crippen LogP contribution in [0.3, 0.4) is 0 Å². The molecule has 1 heterocycles. The number of β-lactam (4-membered cyclic amide) rings is 1. The molecule has 1 saturated carbocycles. The number of carbonyl (C=O) groups excluding carboxylic acids is 2. The highest BCUT2D eigenvalue weighted by Gasteiger charge is 2.56. The Morgan fingerprint density at radius 2 is 1.77 bits per heavy atom. The van der Waals surface area contributed by atoms with Gasteiger partial charge in [0.05, 0.1) is 11.3 Å². The van der Waals surface area contributed by atoms with Gasteiger partial charge in [0.25, 0.3) is 5.91 Å². The van der Waals surface area contributed by atoms with E-state index in [1.54, 1.807) is 25.1 Å². The molecule has 2 fully saturated rings. The smallest absolute Gasteiger partial charge is 0.251 e. The first-order chi connectivity index (χ1) is 16.7. The van der Waals surface area contributed by atoms with Gasteiger partial charge in [0, 0.05) is 17.8 Å². The third kappa shape index (κ3) is 5.33. The lowest BCUT2D eigenvalue weighted by atomic mass is 9.80. The summed E-state index contributed by atoms with van der Waals surface area (Å²) in [6.07, 6.45) is 8.44. The number of nitrogens with one attached hydrogen (secondary N) is 2. The summed E-state index contributed by atoms with van der Waals surface area (Å²) >= 11 is 0. The Labute approximate surface area is 207 Å². The monoisotopic (exact) mass is 495 g/mol. The van der Waals surface area contributed by atoms with Crippen molar-refractivity contribution in [1.82, 2.24) is 10.0 Å². The zero-order valence-corrected chi connectivity index (χ0v) is 21.1. The first kappa shape index (κ1) is 25.1. The number of rotatable bonds is 9. The summed E-state index contributed by atoms with van der Waals surface area (Å²) < 4.78 is 27.9. The molecule has 1 aliphatic carbocycles. The molecule has 0 spiro atoms. The number of sulfonamides is 1. The topological polar surface area (TPSA) is 95.6 Å². The molecule has 4 rings (SSSR count). The van der Waals surface area contributed by atoms with Crippen molar-refractivity contribution in [2.75, 3.05) is 4.90 Å². The van der Waals surface area contributed by atoms with Crippen molar-refractivity contribution in [3.63, 3.8) is 0 Å². The molecular formula is C27H33N3O4S. The molecule has 0 radical (unpaired) electrons. The highest BCUT2D eigenvalue weighted by atomic mass is 32.2. The molecule has 8 heteroatoms. The number of anilines is 1. The van der Waals surface area contributed by atoms with E-state index < -0.39 is 15.6 Å². The normalized spacial score (nSPS) is 21.8. The predicted octanol–water partition coefficient (Wildman–Crippen LogP) is 4.01. The van der Waals surface area contributed by atoms with E-state index in [4.69, 9.17) is 0 Å². The first-order valence-corrected chi connectivity index (χ1v) is 13.7. The molecule has 0 unspecified atom stereocenters. The van der Waals surface area contributed by atoms with Crippen LogP contribution in [0.1, 0.15) is 57.9 Å². The minimum Gasteiger partial charge on any atom is -0.351 e. The van der Waals surface area contributed by atoms with Crippen LogP contribution < -0.4 is 14.9 Å². The molecule has 0 aromatic heterocycles. The molecule has 2 aliphatic rings. The second-order valence-corrected chi connectivity index (χ2v) is 11.2. The number of carbonyl (C=O) groups is 2. The quantitative estimate of drug-likeness (QED) is 0.514. The van der Waals surface area contributed by atoms with Gasteiger partial charge < -0.3 is 5.32 Å². The molecule has 186 valence electrons. The number of amides is 2. The summed E-state index contributed by atoms with van der Waals surface area (Å²) in [4.78, 5) is 28.0. The van der Waals surface area contributed by atoms with Crippen LogP contribution >= 0.6 is 0 Å². The van der Waals surface area contributed by atoms with Crippen molar-refractivity contribution in [1.29, 1.82) is 0 Å². The Morgan fingerprint density at radius 3 is 2.37 bits per heavy atom. The Morgan fingerprint density at radius 1 is 1.11 bits per heavy atom. The van der Waals surface area contributed by atoms with E-state index in [2.05, 4.69) is 10.0 Å². The van der Waals surface area contributed by atoms with E-state index in [9.17, 15) is 18.0 Å². The Balaban J connectivity index is 1.65. The van der Waals surface area contributed by atoms with Crippen LogP contribution in [-0.4, -0.2) is 37.9 Å². The minimum absolute atomic E-state index is 0.0600. The standard InChI is InChI=1S/C27H33N3O4S/c1-3-20(2)29-35(33,34)24-15-13-23(14-16-24)30-25(31)19-27(30,18-17-21-9-5-4-6-10-21)26(32)28-22-11-7-8-12-22/h4-6,9-10,13-18,20,22,29H,3,7-8,11-12,19H2,1-2H3,(H,28,32)/b18-17+/t20-,27+/m0/s1. The van der Waals surface area contributed by atoms with Crippen molar-refractivity contribution in [2.24, 2.45) is 0 Å². The molecule has 2 amide bonds. The SMILES string of the molecule is CC[C@H](C)NS(=O)(=O)c1ccc(N2C(=O)C[C@]2(/C=C/c2ccccc2)C(=O)NC2CCCC2)cc1. The first-order valence-electron chi connectivity index (χ1n) is 12.3. The van der Waals surface area contributed by atoms with Crippen LogP contribution in [0, 0.1) is 0 Å². The van der Waals surface area contributed by atoms with Gasteiger partial charge in [-0.1, -0.05) is 56.2 Å². The van der Waals surface area contributed by atoms with Gasteiger partial charge in [0.2, 0.25) is 15.9 Å². The minimum atomic E-state index is -3.67. The predicted molar refractivity (Wildman–Crippen MR) is 137 cm³/mol. The summed E-state index contributed by atoms with van der Waals surface area (Å²) in [5, 5.41) is 3.15.